The van der Waals surface area contributed by atoms with Gasteiger partial charge in [-0.1, -0.05) is 49.4 Å². The Bertz CT molecular complexity index is 1110. The van der Waals surface area contributed by atoms with Gasteiger partial charge in [-0.25, -0.2) is 4.79 Å². The largest absolute Gasteiger partial charge is 0.504 e. The smallest absolute Gasteiger partial charge is 0.412 e. The molecule has 0 aliphatic carbocycles. The van der Waals surface area contributed by atoms with E-state index in [0.29, 0.717) is 23.4 Å². The minimum atomic E-state index is -0.702. The van der Waals surface area contributed by atoms with Gasteiger partial charge in [-0.05, 0) is 35.6 Å². The molecular weight excluding hydrogens is 442 g/mol. The molecule has 33 heavy (non-hydrogen) atoms. The molecule has 1 amide bonds. The number of ether oxygens (including phenoxy) is 3. The van der Waals surface area contributed by atoms with Gasteiger partial charge in [0, 0.05) is 11.3 Å². The van der Waals surface area contributed by atoms with Crippen molar-refractivity contribution < 1.29 is 28.9 Å². The van der Waals surface area contributed by atoms with Crippen LogP contribution in [0.1, 0.15) is 25.0 Å². The Kier molecular flexibility index (Phi) is 8.43. The van der Waals surface area contributed by atoms with E-state index in [1.807, 2.05) is 43.3 Å². The molecule has 2 atom stereocenters. The number of phenolic OH excluding ortho intramolecular Hbond substituents is 1. The van der Waals surface area contributed by atoms with E-state index in [2.05, 4.69) is 17.9 Å². The number of methoxy groups -OCH3 is 1. The number of rotatable bonds is 9. The Hall–Kier alpha value is -3.39. The van der Waals surface area contributed by atoms with E-state index in [1.165, 1.54) is 13.2 Å². The molecule has 0 spiro atoms. The molecule has 7 nitrogen and oxygen atoms in total. The first kappa shape index (κ1) is 24.3. The first-order valence-corrected chi connectivity index (χ1v) is 11.1. The summed E-state index contributed by atoms with van der Waals surface area (Å²) in [4.78, 5) is 24.3. The normalized spacial score (nSPS) is 12.6. The second-order valence-electron chi connectivity index (χ2n) is 7.55. The number of phenols is 1. The summed E-state index contributed by atoms with van der Waals surface area (Å²) in [5, 5.41) is 14.9. The molecule has 0 bridgehead atoms. The van der Waals surface area contributed by atoms with E-state index in [9.17, 15) is 14.7 Å². The molecule has 3 rings (SSSR count). The van der Waals surface area contributed by atoms with E-state index >= 15 is 0 Å². The van der Waals surface area contributed by atoms with Crippen molar-refractivity contribution in [3.63, 3.8) is 0 Å². The predicted molar refractivity (Wildman–Crippen MR) is 130 cm³/mol. The number of nitrogens with one attached hydrogen (secondary N) is 1. The molecule has 0 aromatic heterocycles. The number of fused-ring (bicyclic) bond motifs is 1. The summed E-state index contributed by atoms with van der Waals surface area (Å²) < 4.78 is 16.0. The molecule has 0 aliphatic rings. The summed E-state index contributed by atoms with van der Waals surface area (Å²) in [5.41, 5.74) is 1.22. The van der Waals surface area contributed by atoms with Crippen LogP contribution in [0, 0.1) is 5.92 Å². The fourth-order valence-electron chi connectivity index (χ4n) is 3.54. The van der Waals surface area contributed by atoms with Gasteiger partial charge in [0.2, 0.25) is 0 Å². The second kappa shape index (κ2) is 11.5. The van der Waals surface area contributed by atoms with Crippen LogP contribution in [-0.4, -0.2) is 36.6 Å². The topological polar surface area (TPSA) is 94.1 Å². The third-order valence-corrected chi connectivity index (χ3v) is 5.53. The van der Waals surface area contributed by atoms with Crippen molar-refractivity contribution in [3.8, 4) is 11.5 Å². The summed E-state index contributed by atoms with van der Waals surface area (Å²) in [6, 6.07) is 18.2. The summed E-state index contributed by atoms with van der Waals surface area (Å²) in [7, 11) is 1.46. The molecule has 2 N–H and O–H groups in total. The Balaban J connectivity index is 1.79. The number of hydrogen-bond acceptors (Lipinski definition) is 7. The maximum absolute atomic E-state index is 12.9. The number of hydrogen-bond donors (Lipinski definition) is 3. The van der Waals surface area contributed by atoms with Crippen LogP contribution in [0.3, 0.4) is 0 Å². The van der Waals surface area contributed by atoms with E-state index in [-0.39, 0.29) is 24.0 Å². The average molecular weight is 470 g/mol. The van der Waals surface area contributed by atoms with Gasteiger partial charge >= 0.3 is 12.1 Å². The Morgan fingerprint density at radius 2 is 1.85 bits per heavy atom. The minimum Gasteiger partial charge on any atom is -0.504 e. The van der Waals surface area contributed by atoms with Crippen LogP contribution in [0.5, 0.6) is 11.5 Å². The average Bonchev–Trinajstić information content (AvgIpc) is 2.82. The molecule has 3 aromatic rings. The lowest BCUT2D eigenvalue weighted by atomic mass is 9.94. The van der Waals surface area contributed by atoms with Crippen molar-refractivity contribution in [3.05, 3.63) is 66.2 Å². The van der Waals surface area contributed by atoms with Crippen LogP contribution >= 0.6 is 12.6 Å². The molecule has 0 unspecified atom stereocenters. The van der Waals surface area contributed by atoms with Crippen LogP contribution in [0.4, 0.5) is 10.5 Å². The monoisotopic (exact) mass is 469 g/mol. The summed E-state index contributed by atoms with van der Waals surface area (Å²) in [5.74, 6) is -0.393. The van der Waals surface area contributed by atoms with E-state index < -0.39 is 18.2 Å². The van der Waals surface area contributed by atoms with Gasteiger partial charge in [-0.2, -0.15) is 12.6 Å². The first-order valence-electron chi connectivity index (χ1n) is 10.5. The minimum absolute atomic E-state index is 0.00585. The lowest BCUT2D eigenvalue weighted by Crippen LogP contribution is -2.23. The Morgan fingerprint density at radius 3 is 2.58 bits per heavy atom. The molecule has 174 valence electrons. The molecule has 0 fully saturated rings. The van der Waals surface area contributed by atoms with Gasteiger partial charge < -0.3 is 19.3 Å². The van der Waals surface area contributed by atoms with Gasteiger partial charge in [-0.15, -0.1) is 0 Å². The lowest BCUT2D eigenvalue weighted by Gasteiger charge is -2.25. The highest BCUT2D eigenvalue weighted by Gasteiger charge is 2.25. The highest BCUT2D eigenvalue weighted by atomic mass is 32.1. The fraction of sp³-hybridized carbons (Fsp3) is 0.280. The van der Waals surface area contributed by atoms with Crippen LogP contribution in [0.25, 0.3) is 10.8 Å². The molecule has 0 saturated heterocycles. The van der Waals surface area contributed by atoms with Gasteiger partial charge in [-0.3, -0.25) is 10.1 Å². The number of carbonyl (C=O) groups excluding carboxylic acids is 2. The fourth-order valence-corrected chi connectivity index (χ4v) is 3.63. The standard InChI is InChI=1S/C25H27NO6S/c1-16(12-13-31-23(28)15-33)24(18-10-11-22(30-2)21(27)14-18)32-25(29)26-20-9-5-7-17-6-3-4-8-19(17)20/h3-11,14,16,24,27,33H,12-13,15H2,1-2H3,(H,26,29)/t16-,24+/m0/s1. The van der Waals surface area contributed by atoms with E-state index in [4.69, 9.17) is 14.2 Å². The van der Waals surface area contributed by atoms with Crippen molar-refractivity contribution in [2.75, 3.05) is 24.8 Å². The zero-order valence-electron chi connectivity index (χ0n) is 18.5. The van der Waals surface area contributed by atoms with Gasteiger partial charge in [0.25, 0.3) is 0 Å². The number of carbonyl (C=O) groups is 2. The summed E-state index contributed by atoms with van der Waals surface area (Å²) in [6.45, 7) is 2.04. The Labute approximate surface area is 198 Å². The number of esters is 1. The number of anilines is 1. The van der Waals surface area contributed by atoms with Crippen molar-refractivity contribution in [1.29, 1.82) is 0 Å². The SMILES string of the molecule is COc1ccc([C@H](OC(=O)Nc2cccc3ccccc23)[C@@H](C)CCOC(=O)CS)cc1O. The quantitative estimate of drug-likeness (QED) is 0.289. The van der Waals surface area contributed by atoms with Gasteiger partial charge in [0.1, 0.15) is 6.10 Å². The van der Waals surface area contributed by atoms with Crippen molar-refractivity contribution in [1.82, 2.24) is 0 Å². The number of aromatic hydroxyl groups is 1. The van der Waals surface area contributed by atoms with Crippen LogP contribution in [0.2, 0.25) is 0 Å². The van der Waals surface area contributed by atoms with E-state index in [0.717, 1.165) is 10.8 Å². The number of benzene rings is 3. The molecule has 0 aliphatic heterocycles. The molecule has 0 radical (unpaired) electrons. The highest BCUT2D eigenvalue weighted by molar-refractivity contribution is 7.81. The number of amides is 1. The predicted octanol–water partition coefficient (Wildman–Crippen LogP) is 5.34. The lowest BCUT2D eigenvalue weighted by molar-refractivity contribution is -0.141. The van der Waals surface area contributed by atoms with Crippen molar-refractivity contribution in [2.24, 2.45) is 5.92 Å². The third-order valence-electron chi connectivity index (χ3n) is 5.27. The van der Waals surface area contributed by atoms with Crippen LogP contribution in [-0.2, 0) is 14.3 Å². The first-order chi connectivity index (χ1) is 15.9. The van der Waals surface area contributed by atoms with Gasteiger partial charge in [0.15, 0.2) is 11.5 Å². The third kappa shape index (κ3) is 6.32. The summed E-state index contributed by atoms with van der Waals surface area (Å²) >= 11 is 3.89. The molecule has 8 heteroatoms. The zero-order chi connectivity index (χ0) is 23.8. The second-order valence-corrected chi connectivity index (χ2v) is 7.87. The van der Waals surface area contributed by atoms with Crippen molar-refractivity contribution >= 4 is 41.2 Å². The maximum Gasteiger partial charge on any atom is 0.412 e. The van der Waals surface area contributed by atoms with E-state index in [1.54, 1.807) is 18.2 Å². The molecular formula is C25H27NO6S. The zero-order valence-corrected chi connectivity index (χ0v) is 19.4. The maximum atomic E-state index is 12.9. The summed E-state index contributed by atoms with van der Waals surface area (Å²) in [6.07, 6.45) is -0.893. The molecule has 3 aromatic carbocycles. The van der Waals surface area contributed by atoms with Crippen molar-refractivity contribution in [2.45, 2.75) is 19.4 Å². The van der Waals surface area contributed by atoms with Crippen LogP contribution in [0.15, 0.2) is 60.7 Å². The molecule has 0 heterocycles. The molecule has 0 saturated carbocycles. The number of thiol groups is 1. The highest BCUT2D eigenvalue weighted by Crippen LogP contribution is 2.35. The van der Waals surface area contributed by atoms with Crippen LogP contribution < -0.4 is 10.1 Å². The van der Waals surface area contributed by atoms with Gasteiger partial charge in [0.05, 0.1) is 25.2 Å². The Morgan fingerprint density at radius 1 is 1.09 bits per heavy atom.